The number of hydrogen-bond acceptors (Lipinski definition) is 5. The number of carbonyl (C=O) groups excluding carboxylic acids is 1. The van der Waals surface area contributed by atoms with E-state index in [1.54, 1.807) is 52.7 Å². The number of methoxy groups -OCH3 is 4. The Kier molecular flexibility index (Phi) is 6.21. The summed E-state index contributed by atoms with van der Waals surface area (Å²) in [5.41, 5.74) is 3.79. The van der Waals surface area contributed by atoms with Crippen LogP contribution >= 0.6 is 0 Å². The van der Waals surface area contributed by atoms with Crippen LogP contribution in [-0.2, 0) is 6.42 Å². The molecule has 0 radical (unpaired) electrons. The zero-order chi connectivity index (χ0) is 22.7. The Labute approximate surface area is 188 Å². The maximum Gasteiger partial charge on any atom is 0.254 e. The number of amides is 1. The van der Waals surface area contributed by atoms with E-state index in [1.165, 1.54) is 0 Å². The maximum absolute atomic E-state index is 13.6. The molecule has 0 aromatic heterocycles. The number of nitrogens with zero attached hydrogens (tertiary/aromatic N) is 1. The van der Waals surface area contributed by atoms with Gasteiger partial charge in [-0.15, -0.1) is 0 Å². The fourth-order valence-corrected chi connectivity index (χ4v) is 4.21. The lowest BCUT2D eigenvalue weighted by Gasteiger charge is -2.38. The molecule has 32 heavy (non-hydrogen) atoms. The van der Waals surface area contributed by atoms with Crippen molar-refractivity contribution in [2.75, 3.05) is 35.0 Å². The molecule has 1 atom stereocenters. The van der Waals surface area contributed by atoms with E-state index in [-0.39, 0.29) is 11.9 Å². The number of carbonyl (C=O) groups is 1. The Bertz CT molecular complexity index is 1090. The van der Waals surface area contributed by atoms with Gasteiger partial charge in [0.2, 0.25) is 0 Å². The van der Waals surface area contributed by atoms with Crippen LogP contribution in [0.3, 0.4) is 0 Å². The molecule has 3 aromatic carbocycles. The van der Waals surface area contributed by atoms with Crippen LogP contribution in [0.25, 0.3) is 0 Å². The minimum Gasteiger partial charge on any atom is -0.497 e. The van der Waals surface area contributed by atoms with Gasteiger partial charge in [0.05, 0.1) is 34.5 Å². The van der Waals surface area contributed by atoms with Gasteiger partial charge in [-0.3, -0.25) is 4.79 Å². The minimum absolute atomic E-state index is 0.0334. The molecule has 0 spiro atoms. The molecule has 0 saturated heterocycles. The molecule has 0 bridgehead atoms. The van der Waals surface area contributed by atoms with Crippen molar-refractivity contribution in [2.45, 2.75) is 12.5 Å². The first-order valence-corrected chi connectivity index (χ1v) is 10.4. The quantitative estimate of drug-likeness (QED) is 0.573. The Hall–Kier alpha value is -3.67. The van der Waals surface area contributed by atoms with Gasteiger partial charge in [-0.2, -0.15) is 0 Å². The molecule has 1 aliphatic rings. The molecule has 0 saturated carbocycles. The van der Waals surface area contributed by atoms with Crippen molar-refractivity contribution in [3.63, 3.8) is 0 Å². The lowest BCUT2D eigenvalue weighted by Crippen LogP contribution is -2.40. The number of rotatable bonds is 6. The first kappa shape index (κ1) is 21.6. The lowest BCUT2D eigenvalue weighted by molar-refractivity contribution is 0.0694. The summed E-state index contributed by atoms with van der Waals surface area (Å²) in [6, 6.07) is 18.8. The molecule has 1 amide bonds. The lowest BCUT2D eigenvalue weighted by atomic mass is 9.87. The van der Waals surface area contributed by atoms with Gasteiger partial charge in [0.25, 0.3) is 5.91 Å². The molecule has 0 fully saturated rings. The van der Waals surface area contributed by atoms with Crippen molar-refractivity contribution in [3.8, 4) is 23.0 Å². The Morgan fingerprint density at radius 3 is 1.91 bits per heavy atom. The normalized spacial score (nSPS) is 15.0. The Morgan fingerprint density at radius 1 is 0.781 bits per heavy atom. The molecule has 1 unspecified atom stereocenters. The third-order valence-electron chi connectivity index (χ3n) is 5.90. The van der Waals surface area contributed by atoms with Crippen LogP contribution < -0.4 is 18.9 Å². The summed E-state index contributed by atoms with van der Waals surface area (Å²) in [6.45, 7) is 0.587. The van der Waals surface area contributed by atoms with Gasteiger partial charge in [-0.1, -0.05) is 12.1 Å². The average molecular weight is 434 g/mol. The van der Waals surface area contributed by atoms with Crippen molar-refractivity contribution >= 4 is 5.91 Å². The van der Waals surface area contributed by atoms with Crippen LogP contribution in [0, 0.1) is 0 Å². The summed E-state index contributed by atoms with van der Waals surface area (Å²) in [5, 5.41) is 0. The van der Waals surface area contributed by atoms with Gasteiger partial charge in [0.15, 0.2) is 11.5 Å². The first-order valence-electron chi connectivity index (χ1n) is 10.4. The van der Waals surface area contributed by atoms with Gasteiger partial charge >= 0.3 is 0 Å². The molecule has 1 aliphatic heterocycles. The highest BCUT2D eigenvalue weighted by Gasteiger charge is 2.34. The molecule has 4 rings (SSSR count). The van der Waals surface area contributed by atoms with E-state index < -0.39 is 0 Å². The zero-order valence-electron chi connectivity index (χ0n) is 18.8. The molecule has 166 valence electrons. The molecule has 1 heterocycles. The summed E-state index contributed by atoms with van der Waals surface area (Å²) in [4.78, 5) is 15.5. The predicted octanol–water partition coefficient (Wildman–Crippen LogP) is 4.51. The minimum atomic E-state index is -0.265. The van der Waals surface area contributed by atoms with E-state index in [1.807, 2.05) is 41.3 Å². The molecular weight excluding hydrogens is 406 g/mol. The Balaban J connectivity index is 1.81. The van der Waals surface area contributed by atoms with Crippen molar-refractivity contribution in [2.24, 2.45) is 0 Å². The van der Waals surface area contributed by atoms with Gasteiger partial charge in [0, 0.05) is 12.1 Å². The molecule has 3 aromatic rings. The summed E-state index contributed by atoms with van der Waals surface area (Å²) >= 11 is 0. The molecule has 0 N–H and O–H groups in total. The second-order valence-electron chi connectivity index (χ2n) is 7.56. The highest BCUT2D eigenvalue weighted by molar-refractivity contribution is 5.95. The monoisotopic (exact) mass is 433 g/mol. The van der Waals surface area contributed by atoms with Gasteiger partial charge in [-0.25, -0.2) is 0 Å². The zero-order valence-corrected chi connectivity index (χ0v) is 18.8. The van der Waals surface area contributed by atoms with Crippen LogP contribution in [0.15, 0.2) is 60.7 Å². The van der Waals surface area contributed by atoms with E-state index in [4.69, 9.17) is 18.9 Å². The molecule has 6 nitrogen and oxygen atoms in total. The second-order valence-corrected chi connectivity index (χ2v) is 7.56. The molecular formula is C26H27NO5. The van der Waals surface area contributed by atoms with Crippen LogP contribution in [-0.4, -0.2) is 45.8 Å². The Morgan fingerprint density at radius 2 is 1.34 bits per heavy atom. The standard InChI is InChI=1S/C26H27NO5/c1-29-20-9-5-17(6-10-20)25-22-16-24(32-4)23(31-3)15-19(22)13-14-27(25)26(28)18-7-11-21(30-2)12-8-18/h5-12,15-16,25H,13-14H2,1-4H3. The van der Waals surface area contributed by atoms with Crippen LogP contribution in [0.4, 0.5) is 0 Å². The molecule has 0 aliphatic carbocycles. The van der Waals surface area contributed by atoms with Crippen molar-refractivity contribution in [1.29, 1.82) is 0 Å². The first-order chi connectivity index (χ1) is 15.6. The summed E-state index contributed by atoms with van der Waals surface area (Å²) < 4.78 is 21.6. The maximum atomic E-state index is 13.6. The number of ether oxygens (including phenoxy) is 4. The number of benzene rings is 3. The third-order valence-corrected chi connectivity index (χ3v) is 5.90. The smallest absolute Gasteiger partial charge is 0.254 e. The summed E-state index contributed by atoms with van der Waals surface area (Å²) in [6.07, 6.45) is 0.726. The SMILES string of the molecule is COc1ccc(C(=O)N2CCc3cc(OC)c(OC)cc3C2c2ccc(OC)cc2)cc1. The van der Waals surface area contributed by atoms with Crippen LogP contribution in [0.5, 0.6) is 23.0 Å². The van der Waals surface area contributed by atoms with Crippen molar-refractivity contribution < 1.29 is 23.7 Å². The summed E-state index contributed by atoms with van der Waals surface area (Å²) in [7, 11) is 6.50. The van der Waals surface area contributed by atoms with Gasteiger partial charge in [0.1, 0.15) is 11.5 Å². The fourth-order valence-electron chi connectivity index (χ4n) is 4.21. The van der Waals surface area contributed by atoms with E-state index in [2.05, 4.69) is 0 Å². The van der Waals surface area contributed by atoms with E-state index >= 15 is 0 Å². The summed E-state index contributed by atoms with van der Waals surface area (Å²) in [5.74, 6) is 2.78. The van der Waals surface area contributed by atoms with Gasteiger partial charge < -0.3 is 23.8 Å². The second kappa shape index (κ2) is 9.22. The molecule has 6 heteroatoms. The topological polar surface area (TPSA) is 57.2 Å². The highest BCUT2D eigenvalue weighted by atomic mass is 16.5. The highest BCUT2D eigenvalue weighted by Crippen LogP contribution is 2.41. The van der Waals surface area contributed by atoms with Crippen LogP contribution in [0.2, 0.25) is 0 Å². The van der Waals surface area contributed by atoms with E-state index in [0.29, 0.717) is 29.4 Å². The van der Waals surface area contributed by atoms with Crippen molar-refractivity contribution in [3.05, 3.63) is 82.9 Å². The number of hydrogen-bond donors (Lipinski definition) is 0. The van der Waals surface area contributed by atoms with Gasteiger partial charge in [-0.05, 0) is 71.6 Å². The van der Waals surface area contributed by atoms with E-state index in [9.17, 15) is 4.79 Å². The number of fused-ring (bicyclic) bond motifs is 1. The third kappa shape index (κ3) is 3.96. The predicted molar refractivity (Wildman–Crippen MR) is 122 cm³/mol. The van der Waals surface area contributed by atoms with E-state index in [0.717, 1.165) is 28.9 Å². The largest absolute Gasteiger partial charge is 0.497 e. The fraction of sp³-hybridized carbons (Fsp3) is 0.269. The average Bonchev–Trinajstić information content (AvgIpc) is 2.86. The van der Waals surface area contributed by atoms with Crippen molar-refractivity contribution in [1.82, 2.24) is 4.90 Å². The van der Waals surface area contributed by atoms with Crippen LogP contribution in [0.1, 0.15) is 33.1 Å².